The van der Waals surface area contributed by atoms with Crippen LogP contribution in [-0.4, -0.2) is 36.0 Å². The largest absolute Gasteiger partial charge is 0.467 e. The highest BCUT2D eigenvalue weighted by Gasteiger charge is 2.61. The number of amides is 3. The molecule has 0 aromatic carbocycles. The number of nitrogens with zero attached hydrogens (tertiary/aromatic N) is 1. The number of furan rings is 1. The van der Waals surface area contributed by atoms with Gasteiger partial charge < -0.3 is 20.0 Å². The lowest BCUT2D eigenvalue weighted by Gasteiger charge is -2.26. The molecule has 2 atom stereocenters. The lowest BCUT2D eigenvalue weighted by molar-refractivity contribution is -0.123. The number of urea groups is 1. The molecule has 2 N–H and O–H groups in total. The number of carbonyl (C=O) groups is 2. The van der Waals surface area contributed by atoms with Crippen LogP contribution in [0.4, 0.5) is 4.79 Å². The SMILES string of the molecule is O=C(NCc1ccco1)[C@H]1C[C@@]12CCN(C(=O)NC1CCCCC1)C2. The van der Waals surface area contributed by atoms with Gasteiger partial charge in [-0.3, -0.25) is 4.79 Å². The quantitative estimate of drug-likeness (QED) is 0.881. The molecule has 0 unspecified atom stereocenters. The maximum absolute atomic E-state index is 12.5. The van der Waals surface area contributed by atoms with E-state index in [0.29, 0.717) is 19.1 Å². The van der Waals surface area contributed by atoms with Crippen LogP contribution in [0.3, 0.4) is 0 Å². The van der Waals surface area contributed by atoms with Crippen LogP contribution in [0.25, 0.3) is 0 Å². The van der Waals surface area contributed by atoms with Crippen molar-refractivity contribution in [1.29, 1.82) is 0 Å². The standard InChI is InChI=1S/C19H27N3O3/c23-17(20-12-15-7-4-10-25-15)16-11-19(16)8-9-22(13-19)18(24)21-14-5-2-1-3-6-14/h4,7,10,14,16H,1-3,5-6,8-9,11-13H2,(H,20,23)(H,21,24)/t16-,19-/m1/s1. The van der Waals surface area contributed by atoms with E-state index in [1.165, 1.54) is 19.3 Å². The molecule has 2 saturated carbocycles. The van der Waals surface area contributed by atoms with E-state index in [1.54, 1.807) is 6.26 Å². The Hall–Kier alpha value is -1.98. The van der Waals surface area contributed by atoms with Crippen LogP contribution in [0.5, 0.6) is 0 Å². The van der Waals surface area contributed by atoms with E-state index < -0.39 is 0 Å². The molecule has 4 rings (SSSR count). The molecular weight excluding hydrogens is 318 g/mol. The Bertz CT molecular complexity index is 624. The summed E-state index contributed by atoms with van der Waals surface area (Å²) in [5.74, 6) is 0.892. The average Bonchev–Trinajstić information content (AvgIpc) is 2.97. The predicted molar refractivity (Wildman–Crippen MR) is 92.7 cm³/mol. The number of likely N-dealkylation sites (tertiary alicyclic amines) is 1. The van der Waals surface area contributed by atoms with Crippen molar-refractivity contribution in [3.8, 4) is 0 Å². The zero-order chi connectivity index (χ0) is 17.3. The van der Waals surface area contributed by atoms with Crippen LogP contribution < -0.4 is 10.6 Å². The van der Waals surface area contributed by atoms with Crippen molar-refractivity contribution in [1.82, 2.24) is 15.5 Å². The van der Waals surface area contributed by atoms with Gasteiger partial charge in [0.05, 0.1) is 12.8 Å². The van der Waals surface area contributed by atoms with E-state index in [9.17, 15) is 9.59 Å². The Labute approximate surface area is 148 Å². The van der Waals surface area contributed by atoms with E-state index >= 15 is 0 Å². The third-order valence-corrected chi connectivity index (χ3v) is 6.13. The number of hydrogen-bond acceptors (Lipinski definition) is 3. The Balaban J connectivity index is 1.24. The van der Waals surface area contributed by atoms with Crippen LogP contribution in [0, 0.1) is 11.3 Å². The van der Waals surface area contributed by atoms with Gasteiger partial charge in [-0.05, 0) is 37.8 Å². The first-order valence-electron chi connectivity index (χ1n) is 9.52. The van der Waals surface area contributed by atoms with Crippen LogP contribution in [-0.2, 0) is 11.3 Å². The molecule has 1 aliphatic heterocycles. The van der Waals surface area contributed by atoms with Crippen molar-refractivity contribution < 1.29 is 14.0 Å². The van der Waals surface area contributed by atoms with E-state index in [-0.39, 0.29) is 23.3 Å². The predicted octanol–water partition coefficient (Wildman–Crippen LogP) is 2.65. The van der Waals surface area contributed by atoms with E-state index in [2.05, 4.69) is 10.6 Å². The Kier molecular flexibility index (Phi) is 4.44. The third kappa shape index (κ3) is 3.53. The molecule has 3 fully saturated rings. The van der Waals surface area contributed by atoms with Crippen molar-refractivity contribution >= 4 is 11.9 Å². The first-order chi connectivity index (χ1) is 12.2. The highest BCUT2D eigenvalue weighted by atomic mass is 16.3. The van der Waals surface area contributed by atoms with Gasteiger partial charge >= 0.3 is 6.03 Å². The lowest BCUT2D eigenvalue weighted by Crippen LogP contribution is -2.44. The van der Waals surface area contributed by atoms with Gasteiger partial charge in [-0.1, -0.05) is 19.3 Å². The molecule has 25 heavy (non-hydrogen) atoms. The molecule has 136 valence electrons. The fraction of sp³-hybridized carbons (Fsp3) is 0.684. The smallest absolute Gasteiger partial charge is 0.317 e. The minimum absolute atomic E-state index is 0.0111. The van der Waals surface area contributed by atoms with E-state index in [0.717, 1.165) is 38.0 Å². The summed E-state index contributed by atoms with van der Waals surface area (Å²) in [5.41, 5.74) is 0.0111. The molecule has 3 amide bonds. The molecule has 2 aliphatic carbocycles. The topological polar surface area (TPSA) is 74.6 Å². The monoisotopic (exact) mass is 345 g/mol. The van der Waals surface area contributed by atoms with Crippen molar-refractivity contribution in [2.45, 2.75) is 57.5 Å². The summed E-state index contributed by atoms with van der Waals surface area (Å²) in [6, 6.07) is 4.07. The molecule has 1 aromatic heterocycles. The summed E-state index contributed by atoms with van der Waals surface area (Å²) in [5, 5.41) is 6.14. The second-order valence-electron chi connectivity index (χ2n) is 7.87. The van der Waals surface area contributed by atoms with Gasteiger partial charge in [0.15, 0.2) is 0 Å². The number of hydrogen-bond donors (Lipinski definition) is 2. The molecule has 2 heterocycles. The molecule has 6 nitrogen and oxygen atoms in total. The summed E-state index contributed by atoms with van der Waals surface area (Å²) < 4.78 is 5.25. The van der Waals surface area contributed by atoms with Gasteiger partial charge in [0, 0.05) is 30.5 Å². The van der Waals surface area contributed by atoms with E-state index in [1.807, 2.05) is 17.0 Å². The van der Waals surface area contributed by atoms with Crippen LogP contribution in [0.2, 0.25) is 0 Å². The van der Waals surface area contributed by atoms with Gasteiger partial charge in [0.25, 0.3) is 0 Å². The molecule has 0 radical (unpaired) electrons. The summed E-state index contributed by atoms with van der Waals surface area (Å²) in [6.07, 6.45) is 9.35. The summed E-state index contributed by atoms with van der Waals surface area (Å²) in [7, 11) is 0. The van der Waals surface area contributed by atoms with Crippen molar-refractivity contribution in [3.63, 3.8) is 0 Å². The number of carbonyl (C=O) groups excluding carboxylic acids is 2. The molecule has 0 bridgehead atoms. The molecule has 1 saturated heterocycles. The third-order valence-electron chi connectivity index (χ3n) is 6.13. The summed E-state index contributed by atoms with van der Waals surface area (Å²) in [6.45, 7) is 1.91. The second kappa shape index (κ2) is 6.73. The van der Waals surface area contributed by atoms with Gasteiger partial charge in [-0.2, -0.15) is 0 Å². The summed E-state index contributed by atoms with van der Waals surface area (Å²) in [4.78, 5) is 26.8. The summed E-state index contributed by atoms with van der Waals surface area (Å²) >= 11 is 0. The maximum atomic E-state index is 12.5. The Morgan fingerprint density at radius 3 is 2.88 bits per heavy atom. The lowest BCUT2D eigenvalue weighted by atomic mass is 9.96. The first-order valence-corrected chi connectivity index (χ1v) is 9.52. The zero-order valence-corrected chi connectivity index (χ0v) is 14.6. The second-order valence-corrected chi connectivity index (χ2v) is 7.87. The maximum Gasteiger partial charge on any atom is 0.317 e. The molecule has 3 aliphatic rings. The van der Waals surface area contributed by atoms with Gasteiger partial charge in [0.1, 0.15) is 5.76 Å². The highest BCUT2D eigenvalue weighted by molar-refractivity contribution is 5.83. The van der Waals surface area contributed by atoms with Gasteiger partial charge in [-0.15, -0.1) is 0 Å². The highest BCUT2D eigenvalue weighted by Crippen LogP contribution is 2.58. The van der Waals surface area contributed by atoms with Crippen molar-refractivity contribution in [2.75, 3.05) is 13.1 Å². The fourth-order valence-corrected chi connectivity index (χ4v) is 4.46. The van der Waals surface area contributed by atoms with Gasteiger partial charge in [-0.25, -0.2) is 4.79 Å². The number of rotatable bonds is 4. The normalized spacial score (nSPS) is 29.0. The van der Waals surface area contributed by atoms with Crippen molar-refractivity contribution in [3.05, 3.63) is 24.2 Å². The van der Waals surface area contributed by atoms with E-state index in [4.69, 9.17) is 4.42 Å². The minimum Gasteiger partial charge on any atom is -0.467 e. The van der Waals surface area contributed by atoms with Crippen LogP contribution in [0.15, 0.2) is 22.8 Å². The Morgan fingerprint density at radius 2 is 2.12 bits per heavy atom. The Morgan fingerprint density at radius 1 is 1.28 bits per heavy atom. The van der Waals surface area contributed by atoms with Crippen LogP contribution in [0.1, 0.15) is 50.7 Å². The molecule has 1 aromatic rings. The average molecular weight is 345 g/mol. The minimum atomic E-state index is 0.0111. The zero-order valence-electron chi connectivity index (χ0n) is 14.6. The number of nitrogens with one attached hydrogen (secondary N) is 2. The molecule has 1 spiro atoms. The van der Waals surface area contributed by atoms with Crippen molar-refractivity contribution in [2.24, 2.45) is 11.3 Å². The first kappa shape index (κ1) is 16.5. The van der Waals surface area contributed by atoms with Crippen LogP contribution >= 0.6 is 0 Å². The molecular formula is C19H27N3O3. The molecule has 6 heteroatoms. The van der Waals surface area contributed by atoms with Gasteiger partial charge in [0.2, 0.25) is 5.91 Å². The fourth-order valence-electron chi connectivity index (χ4n) is 4.46.